The summed E-state index contributed by atoms with van der Waals surface area (Å²) in [6, 6.07) is 0.676. The number of nitrogens with one attached hydrogen (secondary N) is 1. The van der Waals surface area contributed by atoms with E-state index in [0.717, 1.165) is 35.5 Å². The first-order valence-electron chi connectivity index (χ1n) is 7.72. The summed E-state index contributed by atoms with van der Waals surface area (Å²) in [5.41, 5.74) is 3.81. The van der Waals surface area contributed by atoms with Gasteiger partial charge in [-0.1, -0.05) is 13.8 Å². The predicted molar refractivity (Wildman–Crippen MR) is 81.8 cm³/mol. The van der Waals surface area contributed by atoms with Crippen LogP contribution in [0.15, 0.2) is 0 Å². The lowest BCUT2D eigenvalue weighted by Gasteiger charge is -2.27. The fourth-order valence-electron chi connectivity index (χ4n) is 2.57. The minimum atomic E-state index is 0.309. The monoisotopic (exact) mass is 275 g/mol. The summed E-state index contributed by atoms with van der Waals surface area (Å²) in [4.78, 5) is 11.9. The van der Waals surface area contributed by atoms with Crippen molar-refractivity contribution in [3.8, 4) is 0 Å². The van der Waals surface area contributed by atoms with Crippen LogP contribution in [0, 0.1) is 12.8 Å². The van der Waals surface area contributed by atoms with Crippen molar-refractivity contribution >= 4 is 11.6 Å². The Balaban J connectivity index is 1.97. The maximum Gasteiger partial charge on any atom is 0.148 e. The quantitative estimate of drug-likeness (QED) is 0.617. The van der Waals surface area contributed by atoms with Crippen LogP contribution in [-0.2, 0) is 0 Å². The number of anilines is 2. The number of hydrogen-bond acceptors (Lipinski definition) is 5. The van der Waals surface area contributed by atoms with Crippen LogP contribution in [0.3, 0.4) is 0 Å². The molecule has 20 heavy (non-hydrogen) atoms. The molecule has 0 bridgehead atoms. The SMILES string of the molecule is Cc1c(NN)nc(C(C)C)nc1N(CC1CC1)C1CC1. The molecule has 0 radical (unpaired) electrons. The number of hydrogen-bond donors (Lipinski definition) is 2. The number of hydrazine groups is 1. The number of nitrogen functional groups attached to an aromatic ring is 1. The Bertz CT molecular complexity index is 491. The highest BCUT2D eigenvalue weighted by Crippen LogP contribution is 2.39. The van der Waals surface area contributed by atoms with Crippen molar-refractivity contribution < 1.29 is 0 Å². The lowest BCUT2D eigenvalue weighted by atomic mass is 10.2. The molecule has 0 amide bonds. The van der Waals surface area contributed by atoms with E-state index < -0.39 is 0 Å². The Morgan fingerprint density at radius 1 is 1.25 bits per heavy atom. The molecule has 5 nitrogen and oxygen atoms in total. The zero-order chi connectivity index (χ0) is 14.3. The van der Waals surface area contributed by atoms with Crippen LogP contribution in [0.2, 0.25) is 0 Å². The molecule has 3 rings (SSSR count). The molecule has 0 saturated heterocycles. The molecule has 0 spiro atoms. The molecule has 2 aliphatic carbocycles. The van der Waals surface area contributed by atoms with Gasteiger partial charge in [0.05, 0.1) is 0 Å². The molecule has 2 saturated carbocycles. The van der Waals surface area contributed by atoms with Crippen molar-refractivity contribution in [3.05, 3.63) is 11.4 Å². The van der Waals surface area contributed by atoms with Crippen molar-refractivity contribution in [3.63, 3.8) is 0 Å². The summed E-state index contributed by atoms with van der Waals surface area (Å²) in [6.45, 7) is 7.45. The summed E-state index contributed by atoms with van der Waals surface area (Å²) in [5, 5.41) is 0. The van der Waals surface area contributed by atoms with Gasteiger partial charge in [0.15, 0.2) is 0 Å². The second-order valence-corrected chi connectivity index (χ2v) is 6.50. The molecule has 1 aromatic rings. The average Bonchev–Trinajstić information content (AvgIpc) is 3.28. The van der Waals surface area contributed by atoms with Crippen molar-refractivity contribution in [1.82, 2.24) is 9.97 Å². The molecule has 5 heteroatoms. The van der Waals surface area contributed by atoms with E-state index in [1.54, 1.807) is 0 Å². The maximum atomic E-state index is 5.64. The van der Waals surface area contributed by atoms with Crippen LogP contribution in [0.1, 0.15) is 56.8 Å². The summed E-state index contributed by atoms with van der Waals surface area (Å²) >= 11 is 0. The van der Waals surface area contributed by atoms with Crippen LogP contribution in [0.5, 0.6) is 0 Å². The van der Waals surface area contributed by atoms with Gasteiger partial charge in [-0.25, -0.2) is 15.8 Å². The van der Waals surface area contributed by atoms with E-state index in [2.05, 4.69) is 36.1 Å². The van der Waals surface area contributed by atoms with Crippen LogP contribution < -0.4 is 16.2 Å². The second kappa shape index (κ2) is 5.20. The van der Waals surface area contributed by atoms with Gasteiger partial charge in [-0.2, -0.15) is 0 Å². The Hall–Kier alpha value is -1.36. The first kappa shape index (κ1) is 13.6. The fourth-order valence-corrected chi connectivity index (χ4v) is 2.57. The highest BCUT2D eigenvalue weighted by atomic mass is 15.3. The first-order valence-corrected chi connectivity index (χ1v) is 7.72. The van der Waals surface area contributed by atoms with Crippen molar-refractivity contribution in [1.29, 1.82) is 0 Å². The Labute approximate surface area is 120 Å². The molecule has 1 heterocycles. The van der Waals surface area contributed by atoms with Gasteiger partial charge >= 0.3 is 0 Å². The summed E-state index contributed by atoms with van der Waals surface area (Å²) < 4.78 is 0. The molecule has 110 valence electrons. The van der Waals surface area contributed by atoms with Crippen LogP contribution in [0.25, 0.3) is 0 Å². The largest absolute Gasteiger partial charge is 0.353 e. The topological polar surface area (TPSA) is 67.1 Å². The predicted octanol–water partition coefficient (Wildman–Crippen LogP) is 2.57. The Kier molecular flexibility index (Phi) is 3.54. The van der Waals surface area contributed by atoms with Gasteiger partial charge in [-0.05, 0) is 38.5 Å². The van der Waals surface area contributed by atoms with Crippen molar-refractivity contribution in [2.45, 2.75) is 58.4 Å². The minimum absolute atomic E-state index is 0.309. The molecule has 1 aromatic heterocycles. The standard InChI is InChI=1S/C15H25N5/c1-9(2)13-17-14(19-16)10(3)15(18-13)20(12-6-7-12)8-11-4-5-11/h9,11-12H,4-8,16H2,1-3H3,(H,17,18,19). The number of rotatable bonds is 6. The third kappa shape index (κ3) is 2.73. The fraction of sp³-hybridized carbons (Fsp3) is 0.733. The zero-order valence-corrected chi connectivity index (χ0v) is 12.7. The number of nitrogens with two attached hydrogens (primary N) is 1. The van der Waals surface area contributed by atoms with Gasteiger partial charge in [0.1, 0.15) is 17.5 Å². The van der Waals surface area contributed by atoms with E-state index in [1.165, 1.54) is 25.7 Å². The van der Waals surface area contributed by atoms with Gasteiger partial charge in [0, 0.05) is 24.1 Å². The zero-order valence-electron chi connectivity index (χ0n) is 12.7. The van der Waals surface area contributed by atoms with Crippen molar-refractivity contribution in [2.75, 3.05) is 16.9 Å². The molecule has 0 aromatic carbocycles. The average molecular weight is 275 g/mol. The lowest BCUT2D eigenvalue weighted by molar-refractivity contribution is 0.691. The maximum absolute atomic E-state index is 5.64. The molecular formula is C15H25N5. The van der Waals surface area contributed by atoms with Crippen molar-refractivity contribution in [2.24, 2.45) is 11.8 Å². The molecular weight excluding hydrogens is 250 g/mol. The second-order valence-electron chi connectivity index (χ2n) is 6.50. The minimum Gasteiger partial charge on any atom is -0.353 e. The summed E-state index contributed by atoms with van der Waals surface area (Å²) in [7, 11) is 0. The van der Waals surface area contributed by atoms with Gasteiger partial charge < -0.3 is 10.3 Å². The van der Waals surface area contributed by atoms with Gasteiger partial charge in [0.2, 0.25) is 0 Å². The van der Waals surface area contributed by atoms with E-state index in [9.17, 15) is 0 Å². The summed E-state index contributed by atoms with van der Waals surface area (Å²) in [5.74, 6) is 9.53. The Morgan fingerprint density at radius 3 is 2.45 bits per heavy atom. The smallest absolute Gasteiger partial charge is 0.148 e. The molecule has 3 N–H and O–H groups in total. The Morgan fingerprint density at radius 2 is 1.95 bits per heavy atom. The van der Waals surface area contributed by atoms with E-state index in [4.69, 9.17) is 10.8 Å². The van der Waals surface area contributed by atoms with Gasteiger partial charge in [-0.3, -0.25) is 0 Å². The molecule has 2 aliphatic rings. The van der Waals surface area contributed by atoms with E-state index in [-0.39, 0.29) is 0 Å². The molecule has 2 fully saturated rings. The highest BCUT2D eigenvalue weighted by molar-refractivity contribution is 5.59. The van der Waals surface area contributed by atoms with Crippen LogP contribution >= 0.6 is 0 Å². The molecule has 0 aliphatic heterocycles. The number of nitrogens with zero attached hydrogens (tertiary/aromatic N) is 3. The van der Waals surface area contributed by atoms with E-state index >= 15 is 0 Å². The molecule has 0 unspecified atom stereocenters. The van der Waals surface area contributed by atoms with E-state index in [0.29, 0.717) is 12.0 Å². The normalized spacial score (nSPS) is 18.4. The van der Waals surface area contributed by atoms with Gasteiger partial charge in [-0.15, -0.1) is 0 Å². The molecule has 0 atom stereocenters. The number of aromatic nitrogens is 2. The first-order chi connectivity index (χ1) is 9.60. The van der Waals surface area contributed by atoms with E-state index in [1.807, 2.05) is 0 Å². The lowest BCUT2D eigenvalue weighted by Crippen LogP contribution is -2.31. The third-order valence-electron chi connectivity index (χ3n) is 4.20. The van der Waals surface area contributed by atoms with Crippen LogP contribution in [0.4, 0.5) is 11.6 Å². The van der Waals surface area contributed by atoms with Crippen LogP contribution in [-0.4, -0.2) is 22.6 Å². The highest BCUT2D eigenvalue weighted by Gasteiger charge is 2.35. The third-order valence-corrected chi connectivity index (χ3v) is 4.20. The van der Waals surface area contributed by atoms with Gasteiger partial charge in [0.25, 0.3) is 0 Å². The summed E-state index contributed by atoms with van der Waals surface area (Å²) in [6.07, 6.45) is 5.32.